The first-order valence-electron chi connectivity index (χ1n) is 13.2. The molecule has 0 spiro atoms. The van der Waals surface area contributed by atoms with E-state index in [1.54, 1.807) is 52.3 Å². The van der Waals surface area contributed by atoms with Crippen molar-refractivity contribution in [1.29, 1.82) is 0 Å². The van der Waals surface area contributed by atoms with Crippen LogP contribution in [0, 0.1) is 5.41 Å². The minimum absolute atomic E-state index is 0.0662. The highest BCUT2D eigenvalue weighted by atomic mass is 16.5. The number of esters is 1. The van der Waals surface area contributed by atoms with Gasteiger partial charge in [-0.1, -0.05) is 39.0 Å². The molecule has 1 aliphatic heterocycles. The molecule has 0 aliphatic carbocycles. The van der Waals surface area contributed by atoms with Crippen LogP contribution in [0.15, 0.2) is 42.5 Å². The van der Waals surface area contributed by atoms with Crippen LogP contribution in [0.1, 0.15) is 70.1 Å². The molecule has 2 aromatic rings. The lowest BCUT2D eigenvalue weighted by Gasteiger charge is -2.36. The first-order valence-corrected chi connectivity index (χ1v) is 13.2. The average Bonchev–Trinajstić information content (AvgIpc) is 2.93. The number of ketones is 1. The Morgan fingerprint density at radius 3 is 2.45 bits per heavy atom. The van der Waals surface area contributed by atoms with E-state index in [1.165, 1.54) is 4.90 Å². The number of nitrogens with zero attached hydrogens (tertiary/aromatic N) is 1. The summed E-state index contributed by atoms with van der Waals surface area (Å²) in [6.45, 7) is 5.70. The molecule has 3 rings (SSSR count). The summed E-state index contributed by atoms with van der Waals surface area (Å²) in [7, 11) is 3.15. The number of piperidine rings is 1. The predicted molar refractivity (Wildman–Crippen MR) is 143 cm³/mol. The number of hydrogen-bond donors (Lipinski definition) is 1. The Morgan fingerprint density at radius 2 is 1.79 bits per heavy atom. The molecule has 8 nitrogen and oxygen atoms in total. The predicted octanol–water partition coefficient (Wildman–Crippen LogP) is 5.01. The number of phenolic OH excluding ortho intramolecular Hbond substituents is 1. The summed E-state index contributed by atoms with van der Waals surface area (Å²) in [6.07, 6.45) is 2.78. The van der Waals surface area contributed by atoms with Crippen LogP contribution in [-0.2, 0) is 25.5 Å². The van der Waals surface area contributed by atoms with Crippen LogP contribution in [0.4, 0.5) is 0 Å². The number of Topliss-reactive ketones (excluding diaryl/α,β-unsaturated/α-hetero) is 1. The van der Waals surface area contributed by atoms with Gasteiger partial charge in [-0.05, 0) is 73.9 Å². The molecule has 0 unspecified atom stereocenters. The van der Waals surface area contributed by atoms with Crippen LogP contribution in [0.5, 0.6) is 17.2 Å². The van der Waals surface area contributed by atoms with Gasteiger partial charge in [-0.25, -0.2) is 4.79 Å². The molecule has 38 heavy (non-hydrogen) atoms. The number of aryl methyl sites for hydroxylation is 1. The molecule has 1 saturated heterocycles. The lowest BCUT2D eigenvalue weighted by atomic mass is 9.84. The van der Waals surface area contributed by atoms with E-state index in [9.17, 15) is 19.5 Å². The maximum absolute atomic E-state index is 13.5. The summed E-state index contributed by atoms with van der Waals surface area (Å²) in [5.41, 5.74) is 0.813. The van der Waals surface area contributed by atoms with Gasteiger partial charge in [-0.3, -0.25) is 9.59 Å². The number of benzene rings is 2. The molecule has 0 saturated carbocycles. The van der Waals surface area contributed by atoms with Crippen LogP contribution in [0.25, 0.3) is 0 Å². The fourth-order valence-corrected chi connectivity index (χ4v) is 4.57. The van der Waals surface area contributed by atoms with E-state index >= 15 is 0 Å². The molecule has 0 radical (unpaired) electrons. The van der Waals surface area contributed by atoms with Crippen molar-refractivity contribution in [1.82, 2.24) is 4.90 Å². The summed E-state index contributed by atoms with van der Waals surface area (Å²) in [4.78, 5) is 40.9. The molecule has 206 valence electrons. The minimum atomic E-state index is -0.825. The lowest BCUT2D eigenvalue weighted by Crippen LogP contribution is -2.53. The summed E-state index contributed by atoms with van der Waals surface area (Å²) in [6, 6.07) is 11.4. The third kappa shape index (κ3) is 6.85. The Hall–Kier alpha value is -3.55. The summed E-state index contributed by atoms with van der Waals surface area (Å²) < 4.78 is 16.7. The zero-order chi connectivity index (χ0) is 27.9. The molecule has 1 aliphatic rings. The Balaban J connectivity index is 1.81. The second kappa shape index (κ2) is 12.8. The van der Waals surface area contributed by atoms with E-state index in [2.05, 4.69) is 0 Å². The van der Waals surface area contributed by atoms with Gasteiger partial charge in [0.15, 0.2) is 11.5 Å². The fourth-order valence-electron chi connectivity index (χ4n) is 4.57. The van der Waals surface area contributed by atoms with Gasteiger partial charge in [0, 0.05) is 12.0 Å². The molecule has 0 bridgehead atoms. The number of hydrogen-bond acceptors (Lipinski definition) is 7. The fraction of sp³-hybridized carbons (Fsp3) is 0.500. The van der Waals surface area contributed by atoms with Crippen molar-refractivity contribution in [2.45, 2.75) is 71.4 Å². The second-order valence-electron chi connectivity index (χ2n) is 10.3. The monoisotopic (exact) mass is 525 g/mol. The Kier molecular flexibility index (Phi) is 9.78. The number of aromatic hydroxyl groups is 1. The number of methoxy groups -OCH3 is 2. The van der Waals surface area contributed by atoms with Crippen LogP contribution in [-0.4, -0.2) is 54.5 Å². The van der Waals surface area contributed by atoms with Crippen LogP contribution < -0.4 is 9.47 Å². The van der Waals surface area contributed by atoms with E-state index in [1.807, 2.05) is 25.1 Å². The van der Waals surface area contributed by atoms with Crippen molar-refractivity contribution in [3.05, 3.63) is 53.6 Å². The highest BCUT2D eigenvalue weighted by molar-refractivity contribution is 6.38. The zero-order valence-electron chi connectivity index (χ0n) is 23.0. The SMILES string of the molecule is CCC(C)(C)C(=O)C(=O)N1CCCC[C@H]1C(=O)O[C@H](CCc1ccc(OC)c(OC)c1)c1cccc(O)c1. The molecule has 2 atom stereocenters. The number of carbonyl (C=O) groups is 3. The smallest absolute Gasteiger partial charge is 0.329 e. The van der Waals surface area contributed by atoms with Crippen molar-refractivity contribution in [3.63, 3.8) is 0 Å². The first-order chi connectivity index (χ1) is 18.1. The third-order valence-electron chi connectivity index (χ3n) is 7.37. The van der Waals surface area contributed by atoms with Crippen molar-refractivity contribution < 1.29 is 33.7 Å². The first kappa shape index (κ1) is 29.0. The Morgan fingerprint density at radius 1 is 1.05 bits per heavy atom. The van der Waals surface area contributed by atoms with E-state index in [-0.39, 0.29) is 5.75 Å². The Bertz CT molecular complexity index is 1140. The van der Waals surface area contributed by atoms with Gasteiger partial charge < -0.3 is 24.2 Å². The average molecular weight is 526 g/mol. The highest BCUT2D eigenvalue weighted by Crippen LogP contribution is 2.32. The van der Waals surface area contributed by atoms with Crippen molar-refractivity contribution in [2.75, 3.05) is 20.8 Å². The molecule has 1 fully saturated rings. The van der Waals surface area contributed by atoms with Gasteiger partial charge in [0.25, 0.3) is 5.91 Å². The minimum Gasteiger partial charge on any atom is -0.508 e. The van der Waals surface area contributed by atoms with E-state index in [0.717, 1.165) is 18.4 Å². The number of rotatable bonds is 11. The second-order valence-corrected chi connectivity index (χ2v) is 10.3. The van der Waals surface area contributed by atoms with Crippen molar-refractivity contribution in [2.24, 2.45) is 5.41 Å². The summed E-state index contributed by atoms with van der Waals surface area (Å²) >= 11 is 0. The maximum Gasteiger partial charge on any atom is 0.329 e. The number of likely N-dealkylation sites (tertiary alicyclic amines) is 1. The van der Waals surface area contributed by atoms with Crippen molar-refractivity contribution >= 4 is 17.7 Å². The standard InChI is InChI=1S/C30H39NO7/c1-6-30(2,3)27(33)28(34)31-17-8-7-12-23(31)29(35)38-24(21-10-9-11-22(32)19-21)15-13-20-14-16-25(36-4)26(18-20)37-5/h9-11,14,16,18-19,23-24,32H,6-8,12-13,15,17H2,1-5H3/t23-,24+/m0/s1. The van der Waals surface area contributed by atoms with Crippen LogP contribution >= 0.6 is 0 Å². The number of ether oxygens (including phenoxy) is 3. The third-order valence-corrected chi connectivity index (χ3v) is 7.37. The summed E-state index contributed by atoms with van der Waals surface area (Å²) in [5, 5.41) is 10.1. The number of carbonyl (C=O) groups excluding carboxylic acids is 3. The van der Waals surface area contributed by atoms with Crippen LogP contribution in [0.3, 0.4) is 0 Å². The molecule has 2 aromatic carbocycles. The van der Waals surface area contributed by atoms with Gasteiger partial charge >= 0.3 is 5.97 Å². The normalized spacial score (nSPS) is 16.4. The maximum atomic E-state index is 13.5. The lowest BCUT2D eigenvalue weighted by molar-refractivity contribution is -0.164. The molecule has 0 aromatic heterocycles. The van der Waals surface area contributed by atoms with Crippen LogP contribution in [0.2, 0.25) is 0 Å². The summed E-state index contributed by atoms with van der Waals surface area (Å²) in [5.74, 6) is -0.366. The quantitative estimate of drug-likeness (QED) is 0.325. The van der Waals surface area contributed by atoms with Gasteiger partial charge in [0.2, 0.25) is 5.78 Å². The highest BCUT2D eigenvalue weighted by Gasteiger charge is 2.41. The molecule has 1 amide bonds. The zero-order valence-corrected chi connectivity index (χ0v) is 23.0. The van der Waals surface area contributed by atoms with Gasteiger partial charge in [-0.2, -0.15) is 0 Å². The Labute approximate surface area is 224 Å². The van der Waals surface area contributed by atoms with Gasteiger partial charge in [0.1, 0.15) is 17.9 Å². The molecular weight excluding hydrogens is 486 g/mol. The molecule has 1 N–H and O–H groups in total. The molecular formula is C30H39NO7. The van der Waals surface area contributed by atoms with Gasteiger partial charge in [0.05, 0.1) is 14.2 Å². The van der Waals surface area contributed by atoms with E-state index in [4.69, 9.17) is 14.2 Å². The number of phenols is 1. The van der Waals surface area contributed by atoms with E-state index < -0.39 is 35.2 Å². The van der Waals surface area contributed by atoms with Crippen molar-refractivity contribution in [3.8, 4) is 17.2 Å². The van der Waals surface area contributed by atoms with E-state index in [0.29, 0.717) is 49.3 Å². The van der Waals surface area contributed by atoms with Gasteiger partial charge in [-0.15, -0.1) is 0 Å². The molecule has 8 heteroatoms. The number of amides is 1. The topological polar surface area (TPSA) is 102 Å². The largest absolute Gasteiger partial charge is 0.508 e. The molecule has 1 heterocycles.